The number of fused-ring (bicyclic) bond motifs is 1. The topological polar surface area (TPSA) is 62.5 Å². The van der Waals surface area contributed by atoms with Gasteiger partial charge in [0.1, 0.15) is 12.0 Å². The Bertz CT molecular complexity index is 2900. The van der Waals surface area contributed by atoms with Crippen LogP contribution in [0.3, 0.4) is 0 Å². The fourth-order valence-corrected chi connectivity index (χ4v) is 7.77. The SMILES string of the molecule is c1ccc(C2=NC(c3c(-c4cccc(-c5ccccc5-c5cc(-c6ccccc6)nc(-c6ccccc6)n5)c4)ccc4ccccc34)NC(c3ccccc3)=N2)cc1. The molecule has 274 valence electrons. The second kappa shape index (κ2) is 15.4. The number of hydrogen-bond donors (Lipinski definition) is 1. The van der Waals surface area contributed by atoms with Gasteiger partial charge in [-0.15, -0.1) is 0 Å². The van der Waals surface area contributed by atoms with Crippen LogP contribution in [0.25, 0.3) is 66.9 Å². The normalized spacial score (nSPS) is 13.7. The Balaban J connectivity index is 1.12. The Kier molecular flexibility index (Phi) is 9.22. The zero-order valence-electron chi connectivity index (χ0n) is 31.6. The minimum Gasteiger partial charge on any atom is -0.344 e. The Labute approximate surface area is 337 Å². The molecule has 1 unspecified atom stereocenters. The van der Waals surface area contributed by atoms with E-state index in [2.05, 4.69) is 145 Å². The number of amidine groups is 2. The molecule has 1 atom stereocenters. The van der Waals surface area contributed by atoms with Crippen LogP contribution < -0.4 is 5.32 Å². The molecule has 1 aliphatic rings. The van der Waals surface area contributed by atoms with E-state index in [1.54, 1.807) is 0 Å². The number of nitrogens with zero attached hydrogens (tertiary/aromatic N) is 4. The van der Waals surface area contributed by atoms with E-state index in [0.717, 1.165) is 83.6 Å². The van der Waals surface area contributed by atoms with Gasteiger partial charge in [0.25, 0.3) is 0 Å². The van der Waals surface area contributed by atoms with Gasteiger partial charge in [0.2, 0.25) is 0 Å². The molecule has 1 aliphatic heterocycles. The summed E-state index contributed by atoms with van der Waals surface area (Å²) in [6, 6.07) is 73.5. The summed E-state index contributed by atoms with van der Waals surface area (Å²) < 4.78 is 0. The number of aliphatic imine (C=N–C) groups is 2. The van der Waals surface area contributed by atoms with Gasteiger partial charge in [-0.3, -0.25) is 0 Å². The van der Waals surface area contributed by atoms with Crippen LogP contribution in [0.15, 0.2) is 222 Å². The standard InChI is InChI=1S/C53H37N5/c1-5-19-37(20-6-1)47-35-48(55-50(54-47)38-21-7-2-8-22-38)46-31-16-15-29-43(46)41-27-17-28-42(34-41)45-33-32-36-18-13-14-30-44(36)49(45)53-57-51(39-23-9-3-10-24-39)56-52(58-53)40-25-11-4-12-26-40/h1-35,53H,(H,56,57,58). The van der Waals surface area contributed by atoms with E-state index >= 15 is 0 Å². The maximum Gasteiger partial charge on any atom is 0.160 e. The molecule has 0 spiro atoms. The molecule has 0 amide bonds. The Morgan fingerprint density at radius 3 is 1.66 bits per heavy atom. The molecule has 5 heteroatoms. The summed E-state index contributed by atoms with van der Waals surface area (Å²) in [6.07, 6.45) is -0.409. The van der Waals surface area contributed by atoms with Crippen LogP contribution in [0.1, 0.15) is 22.9 Å². The molecule has 2 heterocycles. The van der Waals surface area contributed by atoms with E-state index in [1.165, 1.54) is 0 Å². The molecular formula is C53H37N5. The second-order valence-corrected chi connectivity index (χ2v) is 14.3. The molecule has 0 aliphatic carbocycles. The van der Waals surface area contributed by atoms with E-state index < -0.39 is 6.17 Å². The molecule has 0 bridgehead atoms. The van der Waals surface area contributed by atoms with E-state index in [9.17, 15) is 0 Å². The lowest BCUT2D eigenvalue weighted by molar-refractivity contribution is 0.681. The summed E-state index contributed by atoms with van der Waals surface area (Å²) in [7, 11) is 0. The molecule has 1 N–H and O–H groups in total. The molecule has 0 saturated heterocycles. The van der Waals surface area contributed by atoms with Gasteiger partial charge in [0.05, 0.1) is 11.4 Å². The predicted molar refractivity (Wildman–Crippen MR) is 239 cm³/mol. The lowest BCUT2D eigenvalue weighted by Crippen LogP contribution is -2.34. The van der Waals surface area contributed by atoms with Crippen LogP contribution in [0.4, 0.5) is 0 Å². The average molecular weight is 744 g/mol. The van der Waals surface area contributed by atoms with E-state index in [1.807, 2.05) is 72.8 Å². The number of nitrogens with one attached hydrogen (secondary N) is 1. The van der Waals surface area contributed by atoms with E-state index in [-0.39, 0.29) is 0 Å². The van der Waals surface area contributed by atoms with Gasteiger partial charge in [0.15, 0.2) is 11.7 Å². The van der Waals surface area contributed by atoms with Crippen molar-refractivity contribution in [2.45, 2.75) is 6.17 Å². The zero-order chi connectivity index (χ0) is 38.7. The molecule has 0 saturated carbocycles. The van der Waals surface area contributed by atoms with Crippen molar-refractivity contribution in [3.05, 3.63) is 229 Å². The van der Waals surface area contributed by atoms with Gasteiger partial charge in [0, 0.05) is 33.4 Å². The summed E-state index contributed by atoms with van der Waals surface area (Å²) in [6.45, 7) is 0. The zero-order valence-corrected chi connectivity index (χ0v) is 31.6. The summed E-state index contributed by atoms with van der Waals surface area (Å²) >= 11 is 0. The Morgan fingerprint density at radius 2 is 0.931 bits per heavy atom. The number of rotatable bonds is 8. The minimum absolute atomic E-state index is 0.409. The third-order valence-electron chi connectivity index (χ3n) is 10.6. The van der Waals surface area contributed by atoms with Crippen molar-refractivity contribution in [2.24, 2.45) is 9.98 Å². The molecule has 8 aromatic carbocycles. The number of aromatic nitrogens is 2. The second-order valence-electron chi connectivity index (χ2n) is 14.3. The average Bonchev–Trinajstić information content (AvgIpc) is 3.32. The fraction of sp³-hybridized carbons (Fsp3) is 0.0189. The first-order valence-corrected chi connectivity index (χ1v) is 19.5. The van der Waals surface area contributed by atoms with Crippen LogP contribution in [0.5, 0.6) is 0 Å². The Hall–Kier alpha value is -7.76. The van der Waals surface area contributed by atoms with Gasteiger partial charge >= 0.3 is 0 Å². The Morgan fingerprint density at radius 1 is 0.379 bits per heavy atom. The lowest BCUT2D eigenvalue weighted by atomic mass is 9.89. The van der Waals surface area contributed by atoms with Crippen LogP contribution >= 0.6 is 0 Å². The lowest BCUT2D eigenvalue weighted by Gasteiger charge is -2.27. The van der Waals surface area contributed by atoms with Gasteiger partial charge in [-0.1, -0.05) is 200 Å². The quantitative estimate of drug-likeness (QED) is 0.169. The molecule has 58 heavy (non-hydrogen) atoms. The molecule has 0 radical (unpaired) electrons. The van der Waals surface area contributed by atoms with Crippen LogP contribution in [-0.4, -0.2) is 21.6 Å². The van der Waals surface area contributed by atoms with Gasteiger partial charge in [-0.2, -0.15) is 0 Å². The smallest absolute Gasteiger partial charge is 0.160 e. The molecular weight excluding hydrogens is 707 g/mol. The third-order valence-corrected chi connectivity index (χ3v) is 10.6. The number of hydrogen-bond acceptors (Lipinski definition) is 5. The molecule has 5 nitrogen and oxygen atoms in total. The first-order valence-electron chi connectivity index (χ1n) is 19.5. The van der Waals surface area contributed by atoms with Crippen molar-refractivity contribution >= 4 is 22.4 Å². The highest BCUT2D eigenvalue weighted by Gasteiger charge is 2.26. The first-order chi connectivity index (χ1) is 28.7. The van der Waals surface area contributed by atoms with Crippen LogP contribution in [0, 0.1) is 0 Å². The van der Waals surface area contributed by atoms with Crippen molar-refractivity contribution in [1.82, 2.24) is 15.3 Å². The van der Waals surface area contributed by atoms with Crippen LogP contribution in [-0.2, 0) is 0 Å². The van der Waals surface area contributed by atoms with Gasteiger partial charge in [-0.05, 0) is 45.2 Å². The highest BCUT2D eigenvalue weighted by molar-refractivity contribution is 6.13. The monoisotopic (exact) mass is 743 g/mol. The largest absolute Gasteiger partial charge is 0.344 e. The summed E-state index contributed by atoms with van der Waals surface area (Å²) in [5.74, 6) is 2.17. The molecule has 0 fully saturated rings. The van der Waals surface area contributed by atoms with Crippen molar-refractivity contribution in [2.75, 3.05) is 0 Å². The van der Waals surface area contributed by atoms with Crippen molar-refractivity contribution < 1.29 is 0 Å². The van der Waals surface area contributed by atoms with E-state index in [4.69, 9.17) is 20.0 Å². The highest BCUT2D eigenvalue weighted by Crippen LogP contribution is 2.40. The van der Waals surface area contributed by atoms with Gasteiger partial charge in [-0.25, -0.2) is 20.0 Å². The molecule has 1 aromatic heterocycles. The molecule has 9 aromatic rings. The summed E-state index contributed by atoms with van der Waals surface area (Å²) in [5, 5.41) is 6.04. The van der Waals surface area contributed by atoms with Crippen molar-refractivity contribution in [3.63, 3.8) is 0 Å². The van der Waals surface area contributed by atoms with E-state index in [0.29, 0.717) is 11.7 Å². The highest BCUT2D eigenvalue weighted by atomic mass is 15.2. The minimum atomic E-state index is -0.409. The summed E-state index contributed by atoms with van der Waals surface area (Å²) in [4.78, 5) is 20.6. The molecule has 10 rings (SSSR count). The third kappa shape index (κ3) is 6.86. The van der Waals surface area contributed by atoms with Crippen molar-refractivity contribution in [1.29, 1.82) is 0 Å². The fourth-order valence-electron chi connectivity index (χ4n) is 7.77. The predicted octanol–water partition coefficient (Wildman–Crippen LogP) is 12.5. The van der Waals surface area contributed by atoms with Crippen molar-refractivity contribution in [3.8, 4) is 56.2 Å². The maximum absolute atomic E-state index is 5.34. The summed E-state index contributed by atoms with van der Waals surface area (Å²) in [5.41, 5.74) is 12.2. The number of benzene rings is 8. The first kappa shape index (κ1) is 34.7. The van der Waals surface area contributed by atoms with Crippen LogP contribution in [0.2, 0.25) is 0 Å². The maximum atomic E-state index is 5.34. The van der Waals surface area contributed by atoms with Gasteiger partial charge < -0.3 is 5.32 Å².